The Labute approximate surface area is 181 Å². The van der Waals surface area contributed by atoms with E-state index in [2.05, 4.69) is 15.3 Å². The van der Waals surface area contributed by atoms with Gasteiger partial charge in [0.25, 0.3) is 0 Å². The first-order valence-corrected chi connectivity index (χ1v) is 10.3. The molecule has 1 aromatic carbocycles. The van der Waals surface area contributed by atoms with Gasteiger partial charge in [-0.15, -0.1) is 0 Å². The molecule has 1 aliphatic rings. The molecule has 2 heterocycles. The molecule has 0 aliphatic carbocycles. The summed E-state index contributed by atoms with van der Waals surface area (Å²) >= 11 is 0. The summed E-state index contributed by atoms with van der Waals surface area (Å²) in [5.74, 6) is -0.310. The molecule has 4 atom stereocenters. The monoisotopic (exact) mass is 427 g/mol. The second-order valence-corrected chi connectivity index (χ2v) is 8.10. The fourth-order valence-electron chi connectivity index (χ4n) is 3.60. The lowest BCUT2D eigenvalue weighted by Crippen LogP contribution is -2.53. The fourth-order valence-corrected chi connectivity index (χ4v) is 3.60. The highest BCUT2D eigenvalue weighted by Gasteiger charge is 2.41. The van der Waals surface area contributed by atoms with Crippen LogP contribution in [0, 0.1) is 5.92 Å². The summed E-state index contributed by atoms with van der Waals surface area (Å²) in [5, 5.41) is 22.7. The van der Waals surface area contributed by atoms with Crippen molar-refractivity contribution in [3.8, 4) is 11.4 Å². The molecule has 1 fully saturated rings. The van der Waals surface area contributed by atoms with E-state index < -0.39 is 30.1 Å². The maximum atomic E-state index is 12.9. The zero-order valence-corrected chi connectivity index (χ0v) is 17.7. The second-order valence-electron chi connectivity index (χ2n) is 8.10. The molecule has 9 nitrogen and oxygen atoms in total. The van der Waals surface area contributed by atoms with Crippen LogP contribution in [0.1, 0.15) is 31.9 Å². The van der Waals surface area contributed by atoms with E-state index in [1.165, 1.54) is 4.90 Å². The lowest BCUT2D eigenvalue weighted by molar-refractivity contribution is -0.140. The highest BCUT2D eigenvalue weighted by atomic mass is 16.3. The molecule has 5 N–H and O–H groups in total. The number of carbonyl (C=O) groups excluding carboxylic acids is 2. The van der Waals surface area contributed by atoms with Gasteiger partial charge >= 0.3 is 0 Å². The van der Waals surface area contributed by atoms with Crippen LogP contribution in [0.15, 0.2) is 42.7 Å². The van der Waals surface area contributed by atoms with Crippen molar-refractivity contribution in [2.45, 2.75) is 44.5 Å². The highest BCUT2D eigenvalue weighted by Crippen LogP contribution is 2.23. The van der Waals surface area contributed by atoms with Crippen LogP contribution in [0.5, 0.6) is 0 Å². The lowest BCUT2D eigenvalue weighted by atomic mass is 10.0. The predicted octanol–water partition coefficient (Wildman–Crippen LogP) is 0.238. The van der Waals surface area contributed by atoms with Gasteiger partial charge in [0.2, 0.25) is 11.8 Å². The standard InChI is InChI=1S/C22H29N5O4/c1-13(2)19(23)22(31)27-11-16(29)10-18(27)21(30)26-17(12-28)14-4-6-15(7-5-14)20-24-8-3-9-25-20/h3-9,13,16-19,28-29H,10-12,23H2,1-2H3,(H,26,30)/t16-,17+,18+,19+/m1/s1. The number of benzene rings is 1. The number of nitrogens with two attached hydrogens (primary N) is 1. The molecule has 1 aliphatic heterocycles. The Kier molecular flexibility index (Phi) is 7.32. The summed E-state index contributed by atoms with van der Waals surface area (Å²) in [4.78, 5) is 35.4. The number of aliphatic hydroxyl groups excluding tert-OH is 2. The van der Waals surface area contributed by atoms with Crippen LogP contribution in [0.4, 0.5) is 0 Å². The maximum Gasteiger partial charge on any atom is 0.243 e. The Morgan fingerprint density at radius 2 is 1.87 bits per heavy atom. The lowest BCUT2D eigenvalue weighted by Gasteiger charge is -2.29. The first-order chi connectivity index (χ1) is 14.8. The van der Waals surface area contributed by atoms with Crippen molar-refractivity contribution in [3.05, 3.63) is 48.3 Å². The number of β-amino-alcohol motifs (C(OH)–C–C–N with tert-alkyl or cyclic N) is 1. The number of carbonyl (C=O) groups is 2. The van der Waals surface area contributed by atoms with Crippen molar-refractivity contribution in [2.24, 2.45) is 11.7 Å². The molecule has 9 heteroatoms. The molecule has 166 valence electrons. The van der Waals surface area contributed by atoms with Crippen molar-refractivity contribution >= 4 is 11.8 Å². The van der Waals surface area contributed by atoms with E-state index in [9.17, 15) is 19.8 Å². The normalized spacial score (nSPS) is 20.5. The van der Waals surface area contributed by atoms with Crippen molar-refractivity contribution < 1.29 is 19.8 Å². The third kappa shape index (κ3) is 5.25. The quantitative estimate of drug-likeness (QED) is 0.496. The molecule has 0 unspecified atom stereocenters. The molecule has 1 saturated heterocycles. The van der Waals surface area contributed by atoms with Gasteiger partial charge in [0.15, 0.2) is 5.82 Å². The van der Waals surface area contributed by atoms with Gasteiger partial charge in [-0.25, -0.2) is 9.97 Å². The SMILES string of the molecule is CC(C)[C@H](N)C(=O)N1C[C@H](O)C[C@H]1C(=O)N[C@@H](CO)c1ccc(-c2ncccn2)cc1. The van der Waals surface area contributed by atoms with Crippen molar-refractivity contribution in [2.75, 3.05) is 13.2 Å². The number of hydrogen-bond acceptors (Lipinski definition) is 7. The predicted molar refractivity (Wildman–Crippen MR) is 114 cm³/mol. The van der Waals surface area contributed by atoms with Crippen molar-refractivity contribution in [1.82, 2.24) is 20.2 Å². The fraction of sp³-hybridized carbons (Fsp3) is 0.455. The molecule has 31 heavy (non-hydrogen) atoms. The van der Waals surface area contributed by atoms with Crippen LogP contribution >= 0.6 is 0 Å². The minimum Gasteiger partial charge on any atom is -0.394 e. The summed E-state index contributed by atoms with van der Waals surface area (Å²) in [5.41, 5.74) is 7.48. The van der Waals surface area contributed by atoms with Crippen molar-refractivity contribution in [1.29, 1.82) is 0 Å². The summed E-state index contributed by atoms with van der Waals surface area (Å²) in [6.45, 7) is 3.40. The molecule has 3 rings (SSSR count). The number of nitrogens with zero attached hydrogens (tertiary/aromatic N) is 3. The number of likely N-dealkylation sites (tertiary alicyclic amines) is 1. The zero-order valence-electron chi connectivity index (χ0n) is 17.7. The molecular weight excluding hydrogens is 398 g/mol. The smallest absolute Gasteiger partial charge is 0.243 e. The molecule has 0 spiro atoms. The van der Waals surface area contributed by atoms with Crippen LogP contribution in [0.2, 0.25) is 0 Å². The van der Waals surface area contributed by atoms with Gasteiger partial charge in [0, 0.05) is 30.9 Å². The molecule has 0 saturated carbocycles. The van der Waals surface area contributed by atoms with E-state index in [0.29, 0.717) is 11.4 Å². The number of hydrogen-bond donors (Lipinski definition) is 4. The number of amides is 2. The summed E-state index contributed by atoms with van der Waals surface area (Å²) in [6, 6.07) is 6.69. The first-order valence-electron chi connectivity index (χ1n) is 10.3. The largest absolute Gasteiger partial charge is 0.394 e. The topological polar surface area (TPSA) is 142 Å². The zero-order chi connectivity index (χ0) is 22.5. The van der Waals surface area contributed by atoms with E-state index in [-0.39, 0.29) is 31.4 Å². The Morgan fingerprint density at radius 3 is 2.45 bits per heavy atom. The van der Waals surface area contributed by atoms with Gasteiger partial charge in [-0.2, -0.15) is 0 Å². The third-order valence-electron chi connectivity index (χ3n) is 5.50. The van der Waals surface area contributed by atoms with E-state index in [0.717, 1.165) is 5.56 Å². The first kappa shape index (κ1) is 22.8. The summed E-state index contributed by atoms with van der Waals surface area (Å²) < 4.78 is 0. The van der Waals surface area contributed by atoms with Gasteiger partial charge in [-0.3, -0.25) is 9.59 Å². The third-order valence-corrected chi connectivity index (χ3v) is 5.50. The van der Waals surface area contributed by atoms with E-state index in [4.69, 9.17) is 5.73 Å². The number of aromatic nitrogens is 2. The van der Waals surface area contributed by atoms with E-state index >= 15 is 0 Å². The van der Waals surface area contributed by atoms with Gasteiger partial charge < -0.3 is 26.2 Å². The average molecular weight is 428 g/mol. The van der Waals surface area contributed by atoms with Gasteiger partial charge in [-0.1, -0.05) is 38.1 Å². The Morgan fingerprint density at radius 1 is 1.23 bits per heavy atom. The molecule has 2 aromatic rings. The molecule has 0 radical (unpaired) electrons. The summed E-state index contributed by atoms with van der Waals surface area (Å²) in [6.07, 6.45) is 2.64. The van der Waals surface area contributed by atoms with Crippen LogP contribution < -0.4 is 11.1 Å². The Hall–Kier alpha value is -2.88. The minimum atomic E-state index is -0.835. The van der Waals surface area contributed by atoms with Crippen LogP contribution in [-0.2, 0) is 9.59 Å². The molecule has 0 bridgehead atoms. The Balaban J connectivity index is 1.72. The number of rotatable bonds is 7. The van der Waals surface area contributed by atoms with Crippen LogP contribution in [0.25, 0.3) is 11.4 Å². The Bertz CT molecular complexity index is 891. The highest BCUT2D eigenvalue weighted by molar-refractivity contribution is 5.90. The average Bonchev–Trinajstić information content (AvgIpc) is 3.18. The maximum absolute atomic E-state index is 12.9. The molecule has 1 aromatic heterocycles. The van der Waals surface area contributed by atoms with E-state index in [1.807, 2.05) is 26.0 Å². The van der Waals surface area contributed by atoms with Crippen LogP contribution in [-0.4, -0.2) is 68.2 Å². The molecule has 2 amide bonds. The van der Waals surface area contributed by atoms with Gasteiger partial charge in [0.1, 0.15) is 6.04 Å². The number of aliphatic hydroxyl groups is 2. The van der Waals surface area contributed by atoms with Gasteiger partial charge in [0.05, 0.1) is 24.8 Å². The number of nitrogens with one attached hydrogen (secondary N) is 1. The van der Waals surface area contributed by atoms with Gasteiger partial charge in [-0.05, 0) is 17.5 Å². The van der Waals surface area contributed by atoms with E-state index in [1.54, 1.807) is 30.6 Å². The van der Waals surface area contributed by atoms with Crippen molar-refractivity contribution in [3.63, 3.8) is 0 Å². The molecular formula is C22H29N5O4. The minimum absolute atomic E-state index is 0.0624. The second kappa shape index (κ2) is 9.95. The van der Waals surface area contributed by atoms with Crippen LogP contribution in [0.3, 0.4) is 0 Å². The summed E-state index contributed by atoms with van der Waals surface area (Å²) in [7, 11) is 0.